The van der Waals surface area contributed by atoms with Crippen LogP contribution < -0.4 is 5.32 Å². The van der Waals surface area contributed by atoms with E-state index in [1.54, 1.807) is 30.0 Å². The third-order valence-corrected chi connectivity index (χ3v) is 7.03. The minimum atomic E-state index is -3.30. The van der Waals surface area contributed by atoms with Crippen LogP contribution in [0.1, 0.15) is 5.56 Å². The normalized spacial score (nSPS) is 15.8. The number of hydrogen-bond acceptors (Lipinski definition) is 6. The Balaban J connectivity index is 1.79. The van der Waals surface area contributed by atoms with Gasteiger partial charge in [0.15, 0.2) is 0 Å². The summed E-state index contributed by atoms with van der Waals surface area (Å²) < 4.78 is 26.4. The molecule has 0 atom stereocenters. The molecule has 0 bridgehead atoms. The van der Waals surface area contributed by atoms with Crippen LogP contribution in [0.5, 0.6) is 0 Å². The molecule has 0 amide bonds. The number of nitrogens with zero attached hydrogens (tertiary/aromatic N) is 3. The van der Waals surface area contributed by atoms with Gasteiger partial charge in [-0.3, -0.25) is 4.98 Å². The molecule has 2 aromatic rings. The van der Waals surface area contributed by atoms with Crippen LogP contribution in [0.2, 0.25) is 5.02 Å². The Morgan fingerprint density at radius 3 is 2.84 bits per heavy atom. The van der Waals surface area contributed by atoms with Crippen LogP contribution >= 0.6 is 23.4 Å². The summed E-state index contributed by atoms with van der Waals surface area (Å²) in [5.74, 6) is 1.64. The first kappa shape index (κ1) is 18.3. The first-order valence-electron chi connectivity index (χ1n) is 7.79. The summed E-state index contributed by atoms with van der Waals surface area (Å²) >= 11 is 7.82. The second-order valence-corrected chi connectivity index (χ2v) is 9.32. The number of halogens is 1. The smallest absolute Gasteiger partial charge is 0.215 e. The Hall–Kier alpha value is -1.53. The molecule has 1 aliphatic rings. The van der Waals surface area contributed by atoms with Gasteiger partial charge in [-0.25, -0.2) is 12.7 Å². The summed E-state index contributed by atoms with van der Waals surface area (Å²) in [7, 11) is -3.30. The van der Waals surface area contributed by atoms with Crippen molar-refractivity contribution in [2.75, 3.05) is 42.2 Å². The number of nitrogens with one attached hydrogen (secondary N) is 1. The Morgan fingerprint density at radius 2 is 2.12 bits per heavy atom. The zero-order valence-corrected chi connectivity index (χ0v) is 15.8. The average molecular weight is 397 g/mol. The lowest BCUT2D eigenvalue weighted by atomic mass is 10.1. The summed E-state index contributed by atoms with van der Waals surface area (Å²) in [6.45, 7) is 1.33. The summed E-state index contributed by atoms with van der Waals surface area (Å²) in [5, 5.41) is 13.7. The molecule has 6 nitrogen and oxygen atoms in total. The molecule has 1 N–H and O–H groups in total. The van der Waals surface area contributed by atoms with Crippen molar-refractivity contribution in [1.82, 2.24) is 9.29 Å². The molecular weight excluding hydrogens is 380 g/mol. The average Bonchev–Trinajstić information content (AvgIpc) is 2.62. The topological polar surface area (TPSA) is 86.1 Å². The van der Waals surface area contributed by atoms with E-state index in [0.717, 1.165) is 11.5 Å². The van der Waals surface area contributed by atoms with Gasteiger partial charge in [-0.15, -0.1) is 0 Å². The van der Waals surface area contributed by atoms with Gasteiger partial charge in [-0.1, -0.05) is 11.6 Å². The predicted molar refractivity (Wildman–Crippen MR) is 103 cm³/mol. The van der Waals surface area contributed by atoms with E-state index < -0.39 is 10.0 Å². The largest absolute Gasteiger partial charge is 0.382 e. The van der Waals surface area contributed by atoms with Crippen LogP contribution in [-0.4, -0.2) is 54.6 Å². The maximum absolute atomic E-state index is 12.4. The van der Waals surface area contributed by atoms with E-state index in [1.165, 1.54) is 10.5 Å². The van der Waals surface area contributed by atoms with Gasteiger partial charge in [0.25, 0.3) is 0 Å². The van der Waals surface area contributed by atoms with Gasteiger partial charge in [-0.05, 0) is 18.2 Å². The van der Waals surface area contributed by atoms with E-state index in [0.29, 0.717) is 40.3 Å². The van der Waals surface area contributed by atoms with Crippen LogP contribution in [0.25, 0.3) is 10.9 Å². The molecule has 1 fully saturated rings. The van der Waals surface area contributed by atoms with Gasteiger partial charge in [0.05, 0.1) is 22.5 Å². The highest BCUT2D eigenvalue weighted by Gasteiger charge is 2.23. The first-order chi connectivity index (χ1) is 12.0. The van der Waals surface area contributed by atoms with Gasteiger partial charge in [0.1, 0.15) is 6.07 Å². The minimum absolute atomic E-state index is 0.0209. The molecule has 132 valence electrons. The molecule has 0 unspecified atom stereocenters. The SMILES string of the molecule is N#Cc1cnc2ccc(Cl)cc2c1NCCS(=O)(=O)N1CCSCC1. The van der Waals surface area contributed by atoms with Gasteiger partial charge in [-0.2, -0.15) is 17.0 Å². The molecule has 1 aromatic carbocycles. The van der Waals surface area contributed by atoms with Crippen molar-refractivity contribution in [3.8, 4) is 6.07 Å². The lowest BCUT2D eigenvalue weighted by Gasteiger charge is -2.25. The van der Waals surface area contributed by atoms with E-state index in [9.17, 15) is 13.7 Å². The number of aromatic nitrogens is 1. The standard InChI is InChI=1S/C16H17ClN4O2S2/c17-13-1-2-15-14(9-13)16(12(10-18)11-20-15)19-3-8-25(22,23)21-4-6-24-7-5-21/h1-2,9,11H,3-8H2,(H,19,20). The quantitative estimate of drug-likeness (QED) is 0.835. The van der Waals surface area contributed by atoms with Crippen molar-refractivity contribution >= 4 is 50.0 Å². The van der Waals surface area contributed by atoms with Crippen LogP contribution in [0, 0.1) is 11.3 Å². The molecule has 1 aromatic heterocycles. The number of benzene rings is 1. The number of sulfonamides is 1. The van der Waals surface area contributed by atoms with Gasteiger partial charge in [0, 0.05) is 47.7 Å². The molecule has 1 saturated heterocycles. The van der Waals surface area contributed by atoms with Crippen molar-refractivity contribution < 1.29 is 8.42 Å². The molecule has 2 heterocycles. The summed E-state index contributed by atoms with van der Waals surface area (Å²) in [5.41, 5.74) is 1.63. The monoisotopic (exact) mass is 396 g/mol. The Morgan fingerprint density at radius 1 is 1.36 bits per heavy atom. The lowest BCUT2D eigenvalue weighted by molar-refractivity contribution is 0.444. The van der Waals surface area contributed by atoms with Crippen molar-refractivity contribution in [3.63, 3.8) is 0 Å². The fourth-order valence-corrected chi connectivity index (χ4v) is 5.36. The fraction of sp³-hybridized carbons (Fsp3) is 0.375. The molecule has 0 aliphatic carbocycles. The molecule has 1 aliphatic heterocycles. The highest BCUT2D eigenvalue weighted by Crippen LogP contribution is 2.28. The van der Waals surface area contributed by atoms with Crippen LogP contribution in [0.15, 0.2) is 24.4 Å². The predicted octanol–water partition coefficient (Wildman–Crippen LogP) is 2.55. The number of anilines is 1. The zero-order chi connectivity index (χ0) is 17.9. The maximum Gasteiger partial charge on any atom is 0.215 e. The summed E-state index contributed by atoms with van der Waals surface area (Å²) in [4.78, 5) is 4.23. The molecule has 25 heavy (non-hydrogen) atoms. The van der Waals surface area contributed by atoms with E-state index >= 15 is 0 Å². The van der Waals surface area contributed by atoms with Crippen molar-refractivity contribution in [2.24, 2.45) is 0 Å². The van der Waals surface area contributed by atoms with Crippen LogP contribution in [-0.2, 0) is 10.0 Å². The summed E-state index contributed by atoms with van der Waals surface area (Å²) in [6, 6.07) is 7.31. The number of pyridine rings is 1. The Labute approximate surface area is 156 Å². The summed E-state index contributed by atoms with van der Waals surface area (Å²) in [6.07, 6.45) is 1.48. The van der Waals surface area contributed by atoms with Crippen LogP contribution in [0.4, 0.5) is 5.69 Å². The maximum atomic E-state index is 12.4. The second kappa shape index (κ2) is 7.79. The Bertz CT molecular complexity index is 922. The number of hydrogen-bond donors (Lipinski definition) is 1. The zero-order valence-electron chi connectivity index (χ0n) is 13.4. The number of fused-ring (bicyclic) bond motifs is 1. The molecule has 0 radical (unpaired) electrons. The van der Waals surface area contributed by atoms with Crippen molar-refractivity contribution in [3.05, 3.63) is 35.0 Å². The van der Waals surface area contributed by atoms with E-state index in [2.05, 4.69) is 16.4 Å². The van der Waals surface area contributed by atoms with Crippen molar-refractivity contribution in [2.45, 2.75) is 0 Å². The van der Waals surface area contributed by atoms with Gasteiger partial charge >= 0.3 is 0 Å². The lowest BCUT2D eigenvalue weighted by Crippen LogP contribution is -2.40. The molecular formula is C16H17ClN4O2S2. The number of thioether (sulfide) groups is 1. The highest BCUT2D eigenvalue weighted by atomic mass is 35.5. The number of rotatable bonds is 5. The van der Waals surface area contributed by atoms with Gasteiger partial charge in [0.2, 0.25) is 10.0 Å². The number of nitriles is 1. The van der Waals surface area contributed by atoms with Crippen LogP contribution in [0.3, 0.4) is 0 Å². The van der Waals surface area contributed by atoms with E-state index in [4.69, 9.17) is 11.6 Å². The minimum Gasteiger partial charge on any atom is -0.382 e. The molecule has 0 spiro atoms. The highest BCUT2D eigenvalue weighted by molar-refractivity contribution is 7.99. The third-order valence-electron chi connectivity index (χ3n) is 3.98. The van der Waals surface area contributed by atoms with Crippen molar-refractivity contribution in [1.29, 1.82) is 5.26 Å². The first-order valence-corrected chi connectivity index (χ1v) is 10.9. The van der Waals surface area contributed by atoms with E-state index in [1.807, 2.05) is 0 Å². The molecule has 9 heteroatoms. The fourth-order valence-electron chi connectivity index (χ4n) is 2.70. The molecule has 0 saturated carbocycles. The Kier molecular flexibility index (Phi) is 5.69. The molecule has 3 rings (SSSR count). The van der Waals surface area contributed by atoms with Gasteiger partial charge < -0.3 is 5.32 Å². The second-order valence-electron chi connectivity index (χ2n) is 5.57. The third kappa shape index (κ3) is 4.18. The van der Waals surface area contributed by atoms with E-state index in [-0.39, 0.29) is 12.3 Å².